The molecule has 0 radical (unpaired) electrons. The first-order valence-corrected chi connectivity index (χ1v) is 2.82. The fourth-order valence-electron chi connectivity index (χ4n) is 0.792. The van der Waals surface area contributed by atoms with Crippen molar-refractivity contribution in [3.8, 4) is 11.6 Å². The number of nitrogens with two attached hydrogens (primary N) is 1. The second kappa shape index (κ2) is 1.70. The lowest BCUT2D eigenvalue weighted by molar-refractivity contribution is 0.557. The summed E-state index contributed by atoms with van der Waals surface area (Å²) < 4.78 is 5.03. The Morgan fingerprint density at radius 3 is 3.20 bits per heavy atom. The van der Waals surface area contributed by atoms with Crippen molar-refractivity contribution < 1.29 is 4.42 Å². The lowest BCUT2D eigenvalue weighted by Gasteiger charge is -1.89. The molecule has 0 fully saturated rings. The van der Waals surface area contributed by atoms with E-state index in [-0.39, 0.29) is 0 Å². The average Bonchev–Trinajstić information content (AvgIpc) is 2.27. The van der Waals surface area contributed by atoms with Crippen LogP contribution in [0, 0.1) is 0 Å². The second-order valence-electron chi connectivity index (χ2n) is 1.90. The first-order valence-electron chi connectivity index (χ1n) is 2.82. The third-order valence-corrected chi connectivity index (χ3v) is 1.19. The third-order valence-electron chi connectivity index (χ3n) is 1.19. The van der Waals surface area contributed by atoms with Gasteiger partial charge < -0.3 is 10.2 Å². The standard InChI is InChI=1S/C6H5N3O/c7-5-3-4-6(9-5)8-1-2-10-4/h1-3H,(H2,7,8,9). The summed E-state index contributed by atoms with van der Waals surface area (Å²) >= 11 is 0. The Bertz CT molecular complexity index is 287. The number of rotatable bonds is 0. The average molecular weight is 135 g/mol. The third kappa shape index (κ3) is 0.621. The van der Waals surface area contributed by atoms with Crippen molar-refractivity contribution in [1.82, 2.24) is 9.97 Å². The van der Waals surface area contributed by atoms with E-state index in [4.69, 9.17) is 10.2 Å². The molecule has 0 atom stereocenters. The molecule has 0 aromatic rings. The summed E-state index contributed by atoms with van der Waals surface area (Å²) in [5.41, 5.74) is 5.38. The summed E-state index contributed by atoms with van der Waals surface area (Å²) in [4.78, 5) is 7.80. The van der Waals surface area contributed by atoms with E-state index in [9.17, 15) is 0 Å². The van der Waals surface area contributed by atoms with Crippen LogP contribution in [0.3, 0.4) is 0 Å². The zero-order valence-corrected chi connectivity index (χ0v) is 5.11. The first-order chi connectivity index (χ1) is 4.86. The van der Waals surface area contributed by atoms with Gasteiger partial charge in [-0.1, -0.05) is 0 Å². The number of hydrogen-bond acceptors (Lipinski definition) is 4. The smallest absolute Gasteiger partial charge is 0.197 e. The Morgan fingerprint density at radius 1 is 1.50 bits per heavy atom. The van der Waals surface area contributed by atoms with Gasteiger partial charge in [-0.15, -0.1) is 0 Å². The van der Waals surface area contributed by atoms with Gasteiger partial charge in [0.2, 0.25) is 0 Å². The van der Waals surface area contributed by atoms with Crippen LogP contribution in [0.15, 0.2) is 22.9 Å². The van der Waals surface area contributed by atoms with Crippen molar-refractivity contribution in [1.29, 1.82) is 0 Å². The van der Waals surface area contributed by atoms with Crippen LogP contribution in [0.1, 0.15) is 0 Å². The highest BCUT2D eigenvalue weighted by atomic mass is 16.3. The van der Waals surface area contributed by atoms with E-state index < -0.39 is 0 Å². The molecule has 0 amide bonds. The zero-order chi connectivity index (χ0) is 6.97. The van der Waals surface area contributed by atoms with Crippen molar-refractivity contribution in [3.63, 3.8) is 0 Å². The Balaban J connectivity index is 2.76. The van der Waals surface area contributed by atoms with Gasteiger partial charge in [-0.25, -0.2) is 9.97 Å². The van der Waals surface area contributed by atoms with Gasteiger partial charge in [0.05, 0.1) is 6.20 Å². The maximum atomic E-state index is 5.38. The molecule has 0 bridgehead atoms. The number of nitrogens with zero attached hydrogens (tertiary/aromatic N) is 2. The van der Waals surface area contributed by atoms with Gasteiger partial charge in [-0.3, -0.25) is 0 Å². The van der Waals surface area contributed by atoms with Crippen molar-refractivity contribution in [2.24, 2.45) is 0 Å². The minimum Gasteiger partial charge on any atom is -0.459 e. The number of hydrogen-bond donors (Lipinski definition) is 1. The topological polar surface area (TPSA) is 64.9 Å². The number of fused-ring (bicyclic) bond motifs is 1. The molecule has 2 aliphatic heterocycles. The van der Waals surface area contributed by atoms with E-state index in [1.54, 1.807) is 6.07 Å². The molecule has 0 spiro atoms. The van der Waals surface area contributed by atoms with Gasteiger partial charge in [0, 0.05) is 6.07 Å². The van der Waals surface area contributed by atoms with Gasteiger partial charge in [0.25, 0.3) is 0 Å². The van der Waals surface area contributed by atoms with Crippen LogP contribution in [0.4, 0.5) is 5.82 Å². The number of aromatic nitrogens is 2. The first kappa shape index (κ1) is 5.22. The highest BCUT2D eigenvalue weighted by Crippen LogP contribution is 2.19. The van der Waals surface area contributed by atoms with Crippen LogP contribution in [-0.2, 0) is 0 Å². The Morgan fingerprint density at radius 2 is 2.40 bits per heavy atom. The molecule has 10 heavy (non-hydrogen) atoms. The van der Waals surface area contributed by atoms with E-state index in [0.717, 1.165) is 0 Å². The minimum atomic E-state index is 0.442. The van der Waals surface area contributed by atoms with Gasteiger partial charge in [0.1, 0.15) is 12.1 Å². The fourth-order valence-corrected chi connectivity index (χ4v) is 0.792. The SMILES string of the molecule is Nc1cc2occnc-2n1. The van der Waals surface area contributed by atoms with Crippen LogP contribution in [0.2, 0.25) is 0 Å². The maximum absolute atomic E-state index is 5.38. The van der Waals surface area contributed by atoms with Crippen molar-refractivity contribution >= 4 is 5.82 Å². The van der Waals surface area contributed by atoms with Crippen LogP contribution in [0.25, 0.3) is 11.6 Å². The molecule has 0 saturated heterocycles. The molecule has 50 valence electrons. The van der Waals surface area contributed by atoms with E-state index in [2.05, 4.69) is 9.97 Å². The summed E-state index contributed by atoms with van der Waals surface area (Å²) in [6, 6.07) is 1.64. The predicted octanol–water partition coefficient (Wildman–Crippen LogP) is 0.757. The number of anilines is 1. The van der Waals surface area contributed by atoms with E-state index >= 15 is 0 Å². The number of nitrogen functional groups attached to an aromatic ring is 1. The molecular weight excluding hydrogens is 130 g/mol. The van der Waals surface area contributed by atoms with Crippen molar-refractivity contribution in [3.05, 3.63) is 18.5 Å². The molecular formula is C6H5N3O. The molecule has 4 nitrogen and oxygen atoms in total. The van der Waals surface area contributed by atoms with Crippen LogP contribution in [-0.4, -0.2) is 9.97 Å². The lowest BCUT2D eigenvalue weighted by atomic mass is 10.4. The molecule has 0 saturated carbocycles. The lowest BCUT2D eigenvalue weighted by Crippen LogP contribution is -1.82. The zero-order valence-electron chi connectivity index (χ0n) is 5.11. The molecule has 0 aliphatic carbocycles. The molecule has 2 aliphatic rings. The molecule has 2 heterocycles. The second-order valence-corrected chi connectivity index (χ2v) is 1.90. The molecule has 2 rings (SSSR count). The monoisotopic (exact) mass is 135 g/mol. The highest BCUT2D eigenvalue weighted by Gasteiger charge is 2.07. The van der Waals surface area contributed by atoms with Crippen LogP contribution >= 0.6 is 0 Å². The van der Waals surface area contributed by atoms with Crippen molar-refractivity contribution in [2.45, 2.75) is 0 Å². The molecule has 2 N–H and O–H groups in total. The quantitative estimate of drug-likeness (QED) is 0.579. The summed E-state index contributed by atoms with van der Waals surface area (Å²) in [5, 5.41) is 0. The summed E-state index contributed by atoms with van der Waals surface area (Å²) in [6.07, 6.45) is 3.03. The molecule has 0 aromatic carbocycles. The van der Waals surface area contributed by atoms with Gasteiger partial charge in [-0.2, -0.15) is 0 Å². The fraction of sp³-hybridized carbons (Fsp3) is 0. The van der Waals surface area contributed by atoms with Crippen molar-refractivity contribution in [2.75, 3.05) is 5.73 Å². The Kier molecular flexibility index (Phi) is 0.887. The Hall–Kier alpha value is -1.58. The summed E-state index contributed by atoms with van der Waals surface area (Å²) in [5.74, 6) is 1.62. The summed E-state index contributed by atoms with van der Waals surface area (Å²) in [7, 11) is 0. The highest BCUT2D eigenvalue weighted by molar-refractivity contribution is 5.56. The molecule has 0 aromatic heterocycles. The Labute approximate surface area is 57.0 Å². The van der Waals surface area contributed by atoms with Crippen LogP contribution < -0.4 is 5.73 Å². The normalized spacial score (nSPS) is 10.4. The van der Waals surface area contributed by atoms with Gasteiger partial charge in [-0.05, 0) is 0 Å². The van der Waals surface area contributed by atoms with E-state index in [1.165, 1.54) is 12.5 Å². The minimum absolute atomic E-state index is 0.442. The van der Waals surface area contributed by atoms with E-state index in [1.807, 2.05) is 0 Å². The molecule has 4 heteroatoms. The predicted molar refractivity (Wildman–Crippen MR) is 35.3 cm³/mol. The van der Waals surface area contributed by atoms with E-state index in [0.29, 0.717) is 17.4 Å². The molecule has 0 unspecified atom stereocenters. The maximum Gasteiger partial charge on any atom is 0.197 e. The van der Waals surface area contributed by atoms with Gasteiger partial charge in [0.15, 0.2) is 11.6 Å². The van der Waals surface area contributed by atoms with Crippen LogP contribution in [0.5, 0.6) is 0 Å². The van der Waals surface area contributed by atoms with Gasteiger partial charge >= 0.3 is 0 Å². The largest absolute Gasteiger partial charge is 0.459 e. The summed E-state index contributed by atoms with van der Waals surface area (Å²) in [6.45, 7) is 0.